The number of ketones is 1. The summed E-state index contributed by atoms with van der Waals surface area (Å²) in [6, 6.07) is 0. The molecule has 0 unspecified atom stereocenters. The third kappa shape index (κ3) is 3.10. The van der Waals surface area contributed by atoms with Crippen LogP contribution in [0.3, 0.4) is 0 Å². The molecule has 0 radical (unpaired) electrons. The SMILES string of the molecule is CCc1nn(CC)c(CC(=O)C(OC)OC)c1Cl. The van der Waals surface area contributed by atoms with Gasteiger partial charge in [0.25, 0.3) is 0 Å². The van der Waals surface area contributed by atoms with Crippen LogP contribution in [0.1, 0.15) is 25.2 Å². The van der Waals surface area contributed by atoms with Crippen LogP contribution in [-0.2, 0) is 33.7 Å². The molecule has 0 amide bonds. The van der Waals surface area contributed by atoms with Crippen LogP contribution in [0.2, 0.25) is 5.02 Å². The van der Waals surface area contributed by atoms with Gasteiger partial charge in [-0.15, -0.1) is 0 Å². The highest BCUT2D eigenvalue weighted by Crippen LogP contribution is 2.22. The number of ether oxygens (including phenoxy) is 2. The fraction of sp³-hybridized carbons (Fsp3) is 0.667. The Hall–Kier alpha value is -0.910. The molecule has 0 aliphatic rings. The largest absolute Gasteiger partial charge is 0.349 e. The Kier molecular flexibility index (Phi) is 5.78. The van der Waals surface area contributed by atoms with Crippen molar-refractivity contribution in [3.05, 3.63) is 16.4 Å². The summed E-state index contributed by atoms with van der Waals surface area (Å²) >= 11 is 6.23. The van der Waals surface area contributed by atoms with Gasteiger partial charge in [0.1, 0.15) is 0 Å². The Labute approximate surface area is 112 Å². The Balaban J connectivity index is 2.96. The molecule has 0 aromatic carbocycles. The van der Waals surface area contributed by atoms with Gasteiger partial charge in [0.05, 0.1) is 22.8 Å². The highest BCUT2D eigenvalue weighted by atomic mass is 35.5. The van der Waals surface area contributed by atoms with E-state index in [1.54, 1.807) is 4.68 Å². The van der Waals surface area contributed by atoms with E-state index < -0.39 is 6.29 Å². The van der Waals surface area contributed by atoms with E-state index in [1.807, 2.05) is 13.8 Å². The summed E-state index contributed by atoms with van der Waals surface area (Å²) in [5, 5.41) is 4.93. The van der Waals surface area contributed by atoms with Gasteiger partial charge in [-0.2, -0.15) is 5.10 Å². The number of nitrogens with zero attached hydrogens (tertiary/aromatic N) is 2. The molecule has 0 N–H and O–H groups in total. The Bertz CT molecular complexity index is 414. The van der Waals surface area contributed by atoms with Gasteiger partial charge in [0, 0.05) is 20.8 Å². The van der Waals surface area contributed by atoms with Gasteiger partial charge in [-0.05, 0) is 13.3 Å². The molecule has 0 aliphatic heterocycles. The van der Waals surface area contributed by atoms with Crippen LogP contribution in [0.15, 0.2) is 0 Å². The van der Waals surface area contributed by atoms with Crippen LogP contribution in [0.4, 0.5) is 0 Å². The molecule has 0 saturated carbocycles. The van der Waals surface area contributed by atoms with Crippen molar-refractivity contribution >= 4 is 17.4 Å². The Morgan fingerprint density at radius 3 is 2.44 bits per heavy atom. The van der Waals surface area contributed by atoms with Crippen molar-refractivity contribution in [1.82, 2.24) is 9.78 Å². The summed E-state index contributed by atoms with van der Waals surface area (Å²) in [6.07, 6.45) is 0.0446. The zero-order valence-electron chi connectivity index (χ0n) is 11.2. The third-order valence-corrected chi connectivity index (χ3v) is 3.16. The molecule has 6 heteroatoms. The van der Waals surface area contributed by atoms with Crippen molar-refractivity contribution in [2.45, 2.75) is 39.5 Å². The Morgan fingerprint density at radius 2 is 2.00 bits per heavy atom. The lowest BCUT2D eigenvalue weighted by Crippen LogP contribution is -2.27. The van der Waals surface area contributed by atoms with Crippen molar-refractivity contribution < 1.29 is 14.3 Å². The number of rotatable bonds is 7. The standard InChI is InChI=1S/C12H19ClN2O3/c1-5-8-11(13)9(15(6-2)14-8)7-10(16)12(17-3)18-4/h12H,5-7H2,1-4H3. The van der Waals surface area contributed by atoms with E-state index >= 15 is 0 Å². The maximum Gasteiger partial charge on any atom is 0.217 e. The van der Waals surface area contributed by atoms with Gasteiger partial charge in [-0.3, -0.25) is 9.48 Å². The summed E-state index contributed by atoms with van der Waals surface area (Å²) in [4.78, 5) is 11.9. The summed E-state index contributed by atoms with van der Waals surface area (Å²) in [5.74, 6) is -0.167. The second-order valence-corrected chi connectivity index (χ2v) is 4.20. The molecular formula is C12H19ClN2O3. The number of aryl methyl sites for hydroxylation is 2. The Morgan fingerprint density at radius 1 is 1.39 bits per heavy atom. The van der Waals surface area contributed by atoms with Gasteiger partial charge in [0.2, 0.25) is 6.29 Å². The predicted octanol–water partition coefficient (Wildman–Crippen LogP) is 1.85. The first-order valence-electron chi connectivity index (χ1n) is 5.91. The molecular weight excluding hydrogens is 256 g/mol. The van der Waals surface area contributed by atoms with Crippen molar-refractivity contribution in [1.29, 1.82) is 0 Å². The van der Waals surface area contributed by atoms with Gasteiger partial charge in [-0.1, -0.05) is 18.5 Å². The lowest BCUT2D eigenvalue weighted by molar-refractivity contribution is -0.156. The summed E-state index contributed by atoms with van der Waals surface area (Å²) in [5.41, 5.74) is 1.54. The highest BCUT2D eigenvalue weighted by Gasteiger charge is 2.22. The molecule has 0 saturated heterocycles. The van der Waals surface area contributed by atoms with E-state index in [4.69, 9.17) is 21.1 Å². The molecule has 1 heterocycles. The highest BCUT2D eigenvalue weighted by molar-refractivity contribution is 6.32. The average Bonchev–Trinajstić information content (AvgIpc) is 2.68. The molecule has 1 aromatic rings. The van der Waals surface area contributed by atoms with Crippen molar-refractivity contribution in [3.8, 4) is 0 Å². The maximum absolute atomic E-state index is 11.9. The second-order valence-electron chi connectivity index (χ2n) is 3.82. The minimum atomic E-state index is -0.855. The number of Topliss-reactive ketones (excluding diaryl/α,β-unsaturated/α-hetero) is 1. The molecule has 5 nitrogen and oxygen atoms in total. The molecule has 0 atom stereocenters. The first-order chi connectivity index (χ1) is 8.58. The van der Waals surface area contributed by atoms with Gasteiger partial charge >= 0.3 is 0 Å². The minimum absolute atomic E-state index is 0.159. The van der Waals surface area contributed by atoms with Crippen molar-refractivity contribution in [2.24, 2.45) is 0 Å². The lowest BCUT2D eigenvalue weighted by Gasteiger charge is -2.12. The van der Waals surface area contributed by atoms with E-state index in [2.05, 4.69) is 5.10 Å². The van der Waals surface area contributed by atoms with Crippen molar-refractivity contribution in [3.63, 3.8) is 0 Å². The zero-order chi connectivity index (χ0) is 13.7. The topological polar surface area (TPSA) is 53.4 Å². The number of methoxy groups -OCH3 is 2. The smallest absolute Gasteiger partial charge is 0.217 e. The van der Waals surface area contributed by atoms with Gasteiger partial charge in [-0.25, -0.2) is 0 Å². The first kappa shape index (κ1) is 15.1. The number of halogens is 1. The normalized spacial score (nSPS) is 11.2. The molecule has 102 valence electrons. The number of aromatic nitrogens is 2. The van der Waals surface area contributed by atoms with Crippen LogP contribution >= 0.6 is 11.6 Å². The number of carbonyl (C=O) groups is 1. The van der Waals surface area contributed by atoms with E-state index in [0.29, 0.717) is 11.6 Å². The number of hydrogen-bond donors (Lipinski definition) is 0. The molecule has 1 aromatic heterocycles. The summed E-state index contributed by atoms with van der Waals surface area (Å²) in [6.45, 7) is 4.61. The zero-order valence-corrected chi connectivity index (χ0v) is 12.0. The second kappa shape index (κ2) is 6.87. The predicted molar refractivity (Wildman–Crippen MR) is 68.8 cm³/mol. The molecule has 0 spiro atoms. The van der Waals surface area contributed by atoms with E-state index in [9.17, 15) is 4.79 Å². The maximum atomic E-state index is 11.9. The van der Waals surface area contributed by atoms with Crippen LogP contribution in [0.25, 0.3) is 0 Å². The molecule has 18 heavy (non-hydrogen) atoms. The number of carbonyl (C=O) groups excluding carboxylic acids is 1. The van der Waals surface area contributed by atoms with Crippen LogP contribution in [0.5, 0.6) is 0 Å². The number of hydrogen-bond acceptors (Lipinski definition) is 4. The van der Waals surface area contributed by atoms with Crippen LogP contribution < -0.4 is 0 Å². The summed E-state index contributed by atoms with van der Waals surface area (Å²) < 4.78 is 11.6. The van der Waals surface area contributed by atoms with Gasteiger partial charge < -0.3 is 9.47 Å². The monoisotopic (exact) mass is 274 g/mol. The molecule has 0 aliphatic carbocycles. The quantitative estimate of drug-likeness (QED) is 0.712. The first-order valence-corrected chi connectivity index (χ1v) is 6.29. The van der Waals surface area contributed by atoms with Crippen LogP contribution in [-0.4, -0.2) is 36.1 Å². The third-order valence-electron chi connectivity index (χ3n) is 2.73. The average molecular weight is 275 g/mol. The minimum Gasteiger partial charge on any atom is -0.349 e. The van der Waals surface area contributed by atoms with Crippen LogP contribution in [0, 0.1) is 0 Å². The molecule has 0 fully saturated rings. The van der Waals surface area contributed by atoms with E-state index in [0.717, 1.165) is 17.8 Å². The van der Waals surface area contributed by atoms with Crippen molar-refractivity contribution in [2.75, 3.05) is 14.2 Å². The fourth-order valence-corrected chi connectivity index (χ4v) is 2.13. The van der Waals surface area contributed by atoms with E-state index in [-0.39, 0.29) is 12.2 Å². The van der Waals surface area contributed by atoms with Gasteiger partial charge in [0.15, 0.2) is 5.78 Å². The fourth-order valence-electron chi connectivity index (χ4n) is 1.79. The molecule has 1 rings (SSSR count). The lowest BCUT2D eigenvalue weighted by atomic mass is 10.2. The molecule has 0 bridgehead atoms. The van der Waals surface area contributed by atoms with E-state index in [1.165, 1.54) is 14.2 Å². The summed E-state index contributed by atoms with van der Waals surface area (Å²) in [7, 11) is 2.87.